The third-order valence-electron chi connectivity index (χ3n) is 4.94. The van der Waals surface area contributed by atoms with Crippen molar-refractivity contribution in [3.8, 4) is 5.69 Å². The lowest BCUT2D eigenvalue weighted by atomic mass is 10.2. The number of anilines is 1. The molecular formula is C20H23FN8. The van der Waals surface area contributed by atoms with Gasteiger partial charge in [0.2, 0.25) is 5.95 Å². The zero-order chi connectivity index (χ0) is 20.2. The Morgan fingerprint density at radius 2 is 1.79 bits per heavy atom. The zero-order valence-electron chi connectivity index (χ0n) is 16.2. The Labute approximate surface area is 168 Å². The normalized spacial score (nSPS) is 15.0. The molecule has 9 heteroatoms. The maximum atomic E-state index is 13.1. The van der Waals surface area contributed by atoms with Crippen LogP contribution in [0.1, 0.15) is 11.3 Å². The summed E-state index contributed by atoms with van der Waals surface area (Å²) in [5.41, 5.74) is 8.88. The van der Waals surface area contributed by atoms with Crippen LogP contribution in [0.2, 0.25) is 0 Å². The van der Waals surface area contributed by atoms with E-state index in [1.54, 1.807) is 29.2 Å². The first kappa shape index (κ1) is 18.9. The second-order valence-electron chi connectivity index (χ2n) is 6.86. The Hall–Kier alpha value is -3.49. The van der Waals surface area contributed by atoms with Crippen LogP contribution in [0.3, 0.4) is 0 Å². The van der Waals surface area contributed by atoms with Gasteiger partial charge in [-0.3, -0.25) is 0 Å². The van der Waals surface area contributed by atoms with E-state index in [4.69, 9.17) is 5.73 Å². The van der Waals surface area contributed by atoms with Gasteiger partial charge in [0.1, 0.15) is 5.82 Å². The standard InChI is InChI=1S/C20H23FN8/c1-15-16(14-29(26-15)18-5-3-17(21)4-6-18)13-25-19(22)27-9-11-28(12-10-27)20-23-7-2-8-24-20/h2-8,14H,9-13H2,1H3,(H2,22,25). The number of benzene rings is 1. The van der Waals surface area contributed by atoms with Crippen molar-refractivity contribution in [1.29, 1.82) is 0 Å². The van der Waals surface area contributed by atoms with E-state index in [0.717, 1.165) is 49.1 Å². The minimum absolute atomic E-state index is 0.269. The Morgan fingerprint density at radius 3 is 2.48 bits per heavy atom. The molecule has 0 saturated carbocycles. The van der Waals surface area contributed by atoms with E-state index in [-0.39, 0.29) is 5.82 Å². The minimum Gasteiger partial charge on any atom is -0.370 e. The highest BCUT2D eigenvalue weighted by atomic mass is 19.1. The highest BCUT2D eigenvalue weighted by molar-refractivity contribution is 5.78. The summed E-state index contributed by atoms with van der Waals surface area (Å²) in [4.78, 5) is 17.4. The third kappa shape index (κ3) is 4.34. The molecular weight excluding hydrogens is 371 g/mol. The molecule has 1 aliphatic heterocycles. The van der Waals surface area contributed by atoms with E-state index in [9.17, 15) is 4.39 Å². The van der Waals surface area contributed by atoms with E-state index in [0.29, 0.717) is 12.5 Å². The molecule has 2 N–H and O–H groups in total. The molecule has 8 nitrogen and oxygen atoms in total. The van der Waals surface area contributed by atoms with E-state index in [2.05, 4.69) is 29.9 Å². The van der Waals surface area contributed by atoms with Crippen LogP contribution in [0.5, 0.6) is 0 Å². The summed E-state index contributed by atoms with van der Waals surface area (Å²) in [6.45, 7) is 5.49. The maximum absolute atomic E-state index is 13.1. The number of nitrogens with zero attached hydrogens (tertiary/aromatic N) is 7. The Morgan fingerprint density at radius 1 is 1.10 bits per heavy atom. The number of nitrogens with two attached hydrogens (primary N) is 1. The summed E-state index contributed by atoms with van der Waals surface area (Å²) in [7, 11) is 0. The number of hydrogen-bond acceptors (Lipinski definition) is 5. The van der Waals surface area contributed by atoms with Gasteiger partial charge in [0, 0.05) is 50.3 Å². The molecule has 0 unspecified atom stereocenters. The van der Waals surface area contributed by atoms with Crippen molar-refractivity contribution in [2.24, 2.45) is 10.7 Å². The fraction of sp³-hybridized carbons (Fsp3) is 0.300. The maximum Gasteiger partial charge on any atom is 0.225 e. The van der Waals surface area contributed by atoms with Crippen molar-refractivity contribution in [3.63, 3.8) is 0 Å². The van der Waals surface area contributed by atoms with Gasteiger partial charge in [0.25, 0.3) is 0 Å². The minimum atomic E-state index is -0.269. The van der Waals surface area contributed by atoms with Crippen molar-refractivity contribution in [2.45, 2.75) is 13.5 Å². The third-order valence-corrected chi connectivity index (χ3v) is 4.94. The molecule has 4 rings (SSSR count). The van der Waals surface area contributed by atoms with Crippen LogP contribution in [-0.4, -0.2) is 56.8 Å². The predicted octanol–water partition coefficient (Wildman–Crippen LogP) is 1.75. The number of aryl methyl sites for hydroxylation is 1. The van der Waals surface area contributed by atoms with Gasteiger partial charge >= 0.3 is 0 Å². The highest BCUT2D eigenvalue weighted by Crippen LogP contribution is 2.14. The molecule has 0 atom stereocenters. The van der Waals surface area contributed by atoms with E-state index < -0.39 is 0 Å². The SMILES string of the molecule is Cc1nn(-c2ccc(F)cc2)cc1CN=C(N)N1CCN(c2ncccn2)CC1. The van der Waals surface area contributed by atoms with Gasteiger partial charge in [0.15, 0.2) is 5.96 Å². The molecule has 1 aromatic carbocycles. The van der Waals surface area contributed by atoms with Crippen molar-refractivity contribution in [2.75, 3.05) is 31.1 Å². The molecule has 1 saturated heterocycles. The monoisotopic (exact) mass is 394 g/mol. The second kappa shape index (κ2) is 8.26. The molecule has 0 spiro atoms. The van der Waals surface area contributed by atoms with Gasteiger partial charge < -0.3 is 15.5 Å². The average Bonchev–Trinajstić information content (AvgIpc) is 3.14. The van der Waals surface area contributed by atoms with Gasteiger partial charge in [-0.25, -0.2) is 24.0 Å². The second-order valence-corrected chi connectivity index (χ2v) is 6.86. The average molecular weight is 394 g/mol. The molecule has 3 aromatic rings. The zero-order valence-corrected chi connectivity index (χ0v) is 16.2. The Kier molecular flexibility index (Phi) is 5.37. The van der Waals surface area contributed by atoms with Crippen molar-refractivity contribution in [3.05, 3.63) is 66.0 Å². The molecule has 150 valence electrons. The summed E-state index contributed by atoms with van der Waals surface area (Å²) >= 11 is 0. The van der Waals surface area contributed by atoms with Crippen LogP contribution >= 0.6 is 0 Å². The van der Waals surface area contributed by atoms with Crippen LogP contribution in [0.15, 0.2) is 53.9 Å². The van der Waals surface area contributed by atoms with Gasteiger partial charge in [-0.05, 0) is 37.3 Å². The van der Waals surface area contributed by atoms with Crippen LogP contribution in [0, 0.1) is 12.7 Å². The van der Waals surface area contributed by atoms with Gasteiger partial charge in [-0.1, -0.05) is 0 Å². The topological polar surface area (TPSA) is 88.5 Å². The lowest BCUT2D eigenvalue weighted by Crippen LogP contribution is -2.51. The van der Waals surface area contributed by atoms with Crippen molar-refractivity contribution in [1.82, 2.24) is 24.6 Å². The number of rotatable bonds is 4. The molecule has 1 aliphatic rings. The van der Waals surface area contributed by atoms with E-state index in [1.165, 1.54) is 12.1 Å². The van der Waals surface area contributed by atoms with Gasteiger partial charge in [-0.2, -0.15) is 5.10 Å². The summed E-state index contributed by atoms with van der Waals surface area (Å²) < 4.78 is 14.8. The fourth-order valence-corrected chi connectivity index (χ4v) is 3.23. The van der Waals surface area contributed by atoms with Crippen LogP contribution < -0.4 is 10.6 Å². The molecule has 0 amide bonds. The molecule has 0 radical (unpaired) electrons. The first-order valence-corrected chi connectivity index (χ1v) is 9.48. The van der Waals surface area contributed by atoms with Crippen LogP contribution in [0.25, 0.3) is 5.69 Å². The fourth-order valence-electron chi connectivity index (χ4n) is 3.23. The number of halogens is 1. The Bertz CT molecular complexity index is 975. The number of aromatic nitrogens is 4. The van der Waals surface area contributed by atoms with Crippen molar-refractivity contribution >= 4 is 11.9 Å². The first-order valence-electron chi connectivity index (χ1n) is 9.48. The smallest absolute Gasteiger partial charge is 0.225 e. The number of hydrogen-bond donors (Lipinski definition) is 1. The number of guanidine groups is 1. The molecule has 0 bridgehead atoms. The molecule has 1 fully saturated rings. The molecule has 29 heavy (non-hydrogen) atoms. The summed E-state index contributed by atoms with van der Waals surface area (Å²) in [6.07, 6.45) is 5.40. The van der Waals surface area contributed by atoms with Crippen molar-refractivity contribution < 1.29 is 4.39 Å². The summed E-state index contributed by atoms with van der Waals surface area (Å²) in [5.74, 6) is 0.994. The van der Waals surface area contributed by atoms with Crippen LogP contribution in [-0.2, 0) is 6.54 Å². The van der Waals surface area contributed by atoms with E-state index in [1.807, 2.05) is 19.2 Å². The molecule has 3 heterocycles. The van der Waals surface area contributed by atoms with Gasteiger partial charge in [-0.15, -0.1) is 0 Å². The molecule has 2 aromatic heterocycles. The largest absolute Gasteiger partial charge is 0.370 e. The summed E-state index contributed by atoms with van der Waals surface area (Å²) in [5, 5.41) is 4.49. The summed E-state index contributed by atoms with van der Waals surface area (Å²) in [6, 6.07) is 8.04. The van der Waals surface area contributed by atoms with Gasteiger partial charge in [0.05, 0.1) is 17.9 Å². The number of piperazine rings is 1. The first-order chi connectivity index (χ1) is 14.1. The number of aliphatic imine (C=N–C) groups is 1. The van der Waals surface area contributed by atoms with E-state index >= 15 is 0 Å². The lowest BCUT2D eigenvalue weighted by Gasteiger charge is -2.35. The molecule has 0 aliphatic carbocycles. The quantitative estimate of drug-likeness (QED) is 0.536. The van der Waals surface area contributed by atoms with Crippen LogP contribution in [0.4, 0.5) is 10.3 Å². The predicted molar refractivity (Wildman–Crippen MR) is 109 cm³/mol. The Balaban J connectivity index is 1.37. The highest BCUT2D eigenvalue weighted by Gasteiger charge is 2.20. The lowest BCUT2D eigenvalue weighted by molar-refractivity contribution is 0.378.